The molecule has 0 saturated heterocycles. The van der Waals surface area contributed by atoms with Crippen LogP contribution in [0.4, 0.5) is 4.79 Å². The Hall–Kier alpha value is 3.39. The SMILES string of the molecule is O=C([O-])[O-].[Mg+2].[Mg+2].[Mg+2].[Mg+2].[Mg+2].[Mg+2].[OH-].[OH-].[OH-].[OH-].[OH-].[OH-].[OH-].[OH-].[OH-].[OH-].[OH-].[OH-]. The van der Waals surface area contributed by atoms with Crippen molar-refractivity contribution < 1.29 is 80.7 Å². The molecule has 0 heterocycles. The molecule has 0 aromatic heterocycles. The first-order valence-corrected chi connectivity index (χ1v) is 0.612. The predicted octanol–water partition coefficient (Wildman–Crippen LogP) is -6.85. The molecular formula is CH12Mg6O15-2. The van der Waals surface area contributed by atoms with Gasteiger partial charge in [0.05, 0.1) is 0 Å². The van der Waals surface area contributed by atoms with Crippen LogP contribution in [0.15, 0.2) is 0 Å². The van der Waals surface area contributed by atoms with Crippen LogP contribution in [0.2, 0.25) is 0 Å². The van der Waals surface area contributed by atoms with Crippen LogP contribution >= 0.6 is 0 Å². The van der Waals surface area contributed by atoms with E-state index < -0.39 is 6.16 Å². The topological polar surface area (TPSA) is 423 Å². The Kier molecular flexibility index (Phi) is 5500. The van der Waals surface area contributed by atoms with Gasteiger partial charge in [-0.25, -0.2) is 0 Å². The Bertz CT molecular complexity index is 47.0. The molecule has 0 bridgehead atoms. The van der Waals surface area contributed by atoms with E-state index in [1.165, 1.54) is 0 Å². The van der Waals surface area contributed by atoms with Crippen LogP contribution < -0.4 is 10.2 Å². The van der Waals surface area contributed by atoms with Crippen molar-refractivity contribution >= 4 is 144 Å². The molecule has 0 saturated carbocycles. The molecular weight excluding hydrogens is 398 g/mol. The number of rotatable bonds is 0. The summed E-state index contributed by atoms with van der Waals surface area (Å²) in [6.45, 7) is 0. The monoisotopic (exact) mass is 408 g/mol. The van der Waals surface area contributed by atoms with Crippen molar-refractivity contribution in [1.29, 1.82) is 0 Å². The van der Waals surface area contributed by atoms with Gasteiger partial charge in [-0.3, -0.25) is 0 Å². The zero-order valence-electron chi connectivity index (χ0n) is 11.3. The first-order chi connectivity index (χ1) is 1.73. The van der Waals surface area contributed by atoms with Crippen LogP contribution in [0, 0.1) is 0 Å². The predicted molar refractivity (Wildman–Crippen MR) is 63.1 cm³/mol. The van der Waals surface area contributed by atoms with E-state index in [-0.39, 0.29) is 204 Å². The molecule has 12 N–H and O–H groups in total. The van der Waals surface area contributed by atoms with Crippen molar-refractivity contribution in [2.45, 2.75) is 0 Å². The van der Waals surface area contributed by atoms with E-state index in [2.05, 4.69) is 0 Å². The van der Waals surface area contributed by atoms with Crippen LogP contribution in [0.3, 0.4) is 0 Å². The Morgan fingerprint density at radius 1 is 0.364 bits per heavy atom. The Morgan fingerprint density at radius 3 is 0.364 bits per heavy atom. The van der Waals surface area contributed by atoms with Gasteiger partial charge in [0, 0.05) is 0 Å². The van der Waals surface area contributed by atoms with E-state index in [0.29, 0.717) is 0 Å². The van der Waals surface area contributed by atoms with Gasteiger partial charge in [0.2, 0.25) is 0 Å². The van der Waals surface area contributed by atoms with E-state index in [1.54, 1.807) is 0 Å². The molecule has 0 amide bonds. The minimum Gasteiger partial charge on any atom is -0.870 e. The van der Waals surface area contributed by atoms with Crippen molar-refractivity contribution in [3.63, 3.8) is 0 Å². The third-order valence-electron chi connectivity index (χ3n) is 0. The molecule has 0 aliphatic rings. The second-order valence-corrected chi connectivity index (χ2v) is 0.250. The maximum Gasteiger partial charge on any atom is 2.00 e. The van der Waals surface area contributed by atoms with Crippen LogP contribution in [0.5, 0.6) is 0 Å². The van der Waals surface area contributed by atoms with Gasteiger partial charge in [-0.2, -0.15) is 0 Å². The summed E-state index contributed by atoms with van der Waals surface area (Å²) in [6.07, 6.45) is -2.33. The summed E-state index contributed by atoms with van der Waals surface area (Å²) in [5.41, 5.74) is 0. The normalized spacial score (nSPS) is 1.09. The maximum absolute atomic E-state index is 8.33. The van der Waals surface area contributed by atoms with Gasteiger partial charge < -0.3 is 80.7 Å². The molecule has 21 heteroatoms. The van der Waals surface area contributed by atoms with Gasteiger partial charge in [0.1, 0.15) is 0 Å². The molecule has 120 valence electrons. The van der Waals surface area contributed by atoms with Gasteiger partial charge >= 0.3 is 138 Å². The van der Waals surface area contributed by atoms with Crippen LogP contribution in [0.1, 0.15) is 0 Å². The first-order valence-electron chi connectivity index (χ1n) is 0.612. The number of carbonyl (C=O) groups excluding carboxylic acids is 1. The molecule has 0 aromatic rings. The Labute approximate surface area is 222 Å². The largest absolute Gasteiger partial charge is 2.00 e. The van der Waals surface area contributed by atoms with Crippen LogP contribution in [-0.4, -0.2) is 210 Å². The molecule has 0 atom stereocenters. The van der Waals surface area contributed by atoms with E-state index in [9.17, 15) is 0 Å². The van der Waals surface area contributed by atoms with Crippen molar-refractivity contribution in [2.24, 2.45) is 0 Å². The molecule has 0 fully saturated rings. The fraction of sp³-hybridized carbons (Fsp3) is 0. The summed E-state index contributed by atoms with van der Waals surface area (Å²) >= 11 is 0. The molecule has 0 spiro atoms. The molecule has 22 heavy (non-hydrogen) atoms. The Morgan fingerprint density at radius 2 is 0.364 bits per heavy atom. The molecule has 0 aliphatic carbocycles. The average Bonchev–Trinajstić information content (AvgIpc) is 0.811. The van der Waals surface area contributed by atoms with Crippen LogP contribution in [-0.2, 0) is 0 Å². The smallest absolute Gasteiger partial charge is 0.870 e. The van der Waals surface area contributed by atoms with Crippen molar-refractivity contribution in [1.82, 2.24) is 0 Å². The fourth-order valence-electron chi connectivity index (χ4n) is 0. The van der Waals surface area contributed by atoms with Crippen molar-refractivity contribution in [2.75, 3.05) is 0 Å². The van der Waals surface area contributed by atoms with E-state index in [4.69, 9.17) is 15.0 Å². The number of carbonyl (C=O) groups is 1. The zero-order chi connectivity index (χ0) is 3.58. The summed E-state index contributed by atoms with van der Waals surface area (Å²) in [7, 11) is 0. The van der Waals surface area contributed by atoms with Crippen molar-refractivity contribution in [3.05, 3.63) is 0 Å². The van der Waals surface area contributed by atoms with Gasteiger partial charge in [0.25, 0.3) is 0 Å². The van der Waals surface area contributed by atoms with E-state index >= 15 is 0 Å². The minimum absolute atomic E-state index is 0. The van der Waals surface area contributed by atoms with Gasteiger partial charge in [-0.1, -0.05) is 0 Å². The third-order valence-corrected chi connectivity index (χ3v) is 0. The van der Waals surface area contributed by atoms with E-state index in [0.717, 1.165) is 0 Å². The first kappa shape index (κ1) is 370. The fourth-order valence-corrected chi connectivity index (χ4v) is 0. The molecule has 0 unspecified atom stereocenters. The summed E-state index contributed by atoms with van der Waals surface area (Å²) < 4.78 is 0. The standard InChI is InChI=1S/CH2O3.6Mg.12H2O/c2-1(3)4;;;;;;;;;;;;;;;;;;/h(H2,2,3,4);;;;;;;12*1H2/q;6*+2;;;;;;;;;;;;/p-14. The quantitative estimate of drug-likeness (QED) is 0.335. The Balaban J connectivity index is -0.000000000294. The zero-order valence-corrected chi connectivity index (χ0v) is 19.8. The summed E-state index contributed by atoms with van der Waals surface area (Å²) in [4.78, 5) is 8.33. The van der Waals surface area contributed by atoms with Crippen molar-refractivity contribution in [3.8, 4) is 0 Å². The number of hydrogen-bond donors (Lipinski definition) is 0. The van der Waals surface area contributed by atoms with Gasteiger partial charge in [-0.05, 0) is 6.16 Å². The summed E-state index contributed by atoms with van der Waals surface area (Å²) in [6, 6.07) is 0. The molecule has 0 rings (SSSR count). The molecule has 0 radical (unpaired) electrons. The number of carboxylic acid groups (broad SMARTS) is 2. The minimum atomic E-state index is -2.33. The third kappa shape index (κ3) is 1020. The van der Waals surface area contributed by atoms with E-state index in [1.807, 2.05) is 0 Å². The summed E-state index contributed by atoms with van der Waals surface area (Å²) in [5.74, 6) is 0. The number of hydrogen-bond acceptors (Lipinski definition) is 15. The summed E-state index contributed by atoms with van der Waals surface area (Å²) in [5, 5.41) is 16.7. The maximum atomic E-state index is 8.33. The van der Waals surface area contributed by atoms with Gasteiger partial charge in [0.15, 0.2) is 0 Å². The van der Waals surface area contributed by atoms with Crippen LogP contribution in [0.25, 0.3) is 0 Å². The second-order valence-electron chi connectivity index (χ2n) is 0.250. The second kappa shape index (κ2) is 327. The molecule has 0 aromatic carbocycles. The average molecular weight is 410 g/mol. The molecule has 15 nitrogen and oxygen atoms in total. The van der Waals surface area contributed by atoms with Gasteiger partial charge in [-0.15, -0.1) is 0 Å². The molecule has 0 aliphatic heterocycles.